The van der Waals surface area contributed by atoms with Crippen molar-refractivity contribution in [3.8, 4) is 11.6 Å². The molecule has 3 nitrogen and oxygen atoms in total. The highest BCUT2D eigenvalue weighted by molar-refractivity contribution is 9.10. The molecule has 0 unspecified atom stereocenters. The van der Waals surface area contributed by atoms with E-state index >= 15 is 0 Å². The summed E-state index contributed by atoms with van der Waals surface area (Å²) >= 11 is 3.15. The van der Waals surface area contributed by atoms with Gasteiger partial charge in [-0.25, -0.2) is 13.8 Å². The van der Waals surface area contributed by atoms with Gasteiger partial charge in [0.2, 0.25) is 0 Å². The van der Waals surface area contributed by atoms with Crippen LogP contribution in [0.15, 0.2) is 16.7 Å². The second-order valence-corrected chi connectivity index (χ2v) is 3.28. The lowest BCUT2D eigenvalue weighted by Gasteiger charge is -2.08. The van der Waals surface area contributed by atoms with E-state index < -0.39 is 13.0 Å². The fourth-order valence-corrected chi connectivity index (χ4v) is 1.13. The summed E-state index contributed by atoms with van der Waals surface area (Å²) in [5.41, 5.74) is 0. The lowest BCUT2D eigenvalue weighted by atomic mass is 10.4. The van der Waals surface area contributed by atoms with Crippen molar-refractivity contribution in [1.82, 2.24) is 4.98 Å². The summed E-state index contributed by atoms with van der Waals surface area (Å²) in [6.07, 6.45) is -1.02. The van der Waals surface area contributed by atoms with Crippen molar-refractivity contribution in [3.05, 3.63) is 16.7 Å². The van der Waals surface area contributed by atoms with Crippen LogP contribution in [0.2, 0.25) is 0 Å². The zero-order valence-electron chi connectivity index (χ0n) is 7.34. The van der Waals surface area contributed by atoms with E-state index in [1.165, 1.54) is 19.4 Å². The number of alkyl halides is 2. The molecule has 78 valence electrons. The van der Waals surface area contributed by atoms with Crippen LogP contribution in [0.1, 0.15) is 0 Å². The quantitative estimate of drug-likeness (QED) is 0.840. The van der Waals surface area contributed by atoms with Gasteiger partial charge in [0.1, 0.15) is 6.61 Å². The highest BCUT2D eigenvalue weighted by Gasteiger charge is 2.09. The molecule has 6 heteroatoms. The Morgan fingerprint density at radius 3 is 2.86 bits per heavy atom. The smallest absolute Gasteiger partial charge is 0.272 e. The van der Waals surface area contributed by atoms with Crippen molar-refractivity contribution in [2.75, 3.05) is 13.7 Å². The van der Waals surface area contributed by atoms with Crippen molar-refractivity contribution in [2.24, 2.45) is 0 Å². The molecule has 0 spiro atoms. The van der Waals surface area contributed by atoms with Crippen molar-refractivity contribution < 1.29 is 18.3 Å². The first-order valence-electron chi connectivity index (χ1n) is 3.74. The Labute approximate surface area is 88.2 Å². The van der Waals surface area contributed by atoms with Crippen LogP contribution in [0.25, 0.3) is 0 Å². The normalized spacial score (nSPS) is 10.4. The van der Waals surface area contributed by atoms with Crippen LogP contribution in [0, 0.1) is 0 Å². The van der Waals surface area contributed by atoms with Crippen molar-refractivity contribution in [2.45, 2.75) is 6.43 Å². The van der Waals surface area contributed by atoms with Gasteiger partial charge in [-0.05, 0) is 15.9 Å². The van der Waals surface area contributed by atoms with Crippen molar-refractivity contribution >= 4 is 15.9 Å². The minimum atomic E-state index is -2.52. The maximum atomic E-state index is 11.9. The predicted molar refractivity (Wildman–Crippen MR) is 50.0 cm³/mol. The van der Waals surface area contributed by atoms with Gasteiger partial charge in [0.25, 0.3) is 12.3 Å². The van der Waals surface area contributed by atoms with Crippen LogP contribution in [0.4, 0.5) is 8.78 Å². The minimum Gasteiger partial charge on any atom is -0.482 e. The molecule has 0 N–H and O–H groups in total. The van der Waals surface area contributed by atoms with E-state index in [1.54, 1.807) is 0 Å². The van der Waals surface area contributed by atoms with Gasteiger partial charge in [-0.3, -0.25) is 0 Å². The lowest BCUT2D eigenvalue weighted by Crippen LogP contribution is -2.08. The van der Waals surface area contributed by atoms with E-state index in [-0.39, 0.29) is 11.6 Å². The first kappa shape index (κ1) is 11.2. The number of rotatable bonds is 4. The summed E-state index contributed by atoms with van der Waals surface area (Å²) in [7, 11) is 1.39. The highest BCUT2D eigenvalue weighted by atomic mass is 79.9. The largest absolute Gasteiger partial charge is 0.482 e. The summed E-state index contributed by atoms with van der Waals surface area (Å²) in [6.45, 7) is -0.672. The van der Waals surface area contributed by atoms with Crippen molar-refractivity contribution in [3.63, 3.8) is 0 Å². The monoisotopic (exact) mass is 267 g/mol. The standard InChI is InChI=1S/C8H8BrF2NO2/c1-13-8-6(14-4-7(10)11)2-5(9)3-12-8/h2-3,7H,4H2,1H3. The van der Waals surface area contributed by atoms with Gasteiger partial charge in [-0.15, -0.1) is 0 Å². The molecule has 0 radical (unpaired) electrons. The molecule has 1 rings (SSSR count). The number of aromatic nitrogens is 1. The average Bonchev–Trinajstić information content (AvgIpc) is 2.15. The Hall–Kier alpha value is -0.910. The van der Waals surface area contributed by atoms with E-state index in [0.29, 0.717) is 4.47 Å². The van der Waals surface area contributed by atoms with Gasteiger partial charge >= 0.3 is 0 Å². The maximum absolute atomic E-state index is 11.9. The molecule has 0 saturated carbocycles. The molecule has 14 heavy (non-hydrogen) atoms. The Morgan fingerprint density at radius 2 is 2.29 bits per heavy atom. The molecule has 0 atom stereocenters. The van der Waals surface area contributed by atoms with Gasteiger partial charge in [-0.2, -0.15) is 0 Å². The van der Waals surface area contributed by atoms with Crippen LogP contribution in [-0.4, -0.2) is 25.1 Å². The van der Waals surface area contributed by atoms with Gasteiger partial charge in [0.15, 0.2) is 5.75 Å². The molecule has 0 amide bonds. The number of nitrogens with zero attached hydrogens (tertiary/aromatic N) is 1. The second-order valence-electron chi connectivity index (χ2n) is 2.36. The molecule has 1 heterocycles. The molecule has 0 aliphatic rings. The number of hydrogen-bond acceptors (Lipinski definition) is 3. The Bertz CT molecular complexity index is 309. The Kier molecular flexibility index (Phi) is 4.06. The van der Waals surface area contributed by atoms with Gasteiger partial charge < -0.3 is 9.47 Å². The first-order chi connectivity index (χ1) is 6.63. The molecular formula is C8H8BrF2NO2. The molecule has 0 saturated heterocycles. The van der Waals surface area contributed by atoms with E-state index in [1.807, 2.05) is 0 Å². The summed E-state index contributed by atoms with van der Waals surface area (Å²) in [6, 6.07) is 1.52. The van der Waals surface area contributed by atoms with E-state index in [0.717, 1.165) is 0 Å². The summed E-state index contributed by atoms with van der Waals surface area (Å²) in [5, 5.41) is 0. The third-order valence-corrected chi connectivity index (χ3v) is 1.78. The van der Waals surface area contributed by atoms with Crippen LogP contribution >= 0.6 is 15.9 Å². The lowest BCUT2D eigenvalue weighted by molar-refractivity contribution is 0.0800. The third-order valence-electron chi connectivity index (χ3n) is 1.34. The summed E-state index contributed by atoms with van der Waals surface area (Å²) < 4.78 is 34.0. The molecule has 0 fully saturated rings. The van der Waals surface area contributed by atoms with Crippen LogP contribution in [0.5, 0.6) is 11.6 Å². The van der Waals surface area contributed by atoms with Gasteiger partial charge in [0, 0.05) is 16.7 Å². The first-order valence-corrected chi connectivity index (χ1v) is 4.53. The number of halogens is 3. The predicted octanol–water partition coefficient (Wildman–Crippen LogP) is 2.50. The minimum absolute atomic E-state index is 0.189. The number of ether oxygens (including phenoxy) is 2. The maximum Gasteiger partial charge on any atom is 0.272 e. The highest BCUT2D eigenvalue weighted by Crippen LogP contribution is 2.27. The van der Waals surface area contributed by atoms with Gasteiger partial charge in [0.05, 0.1) is 7.11 Å². The SMILES string of the molecule is COc1ncc(Br)cc1OCC(F)F. The van der Waals surface area contributed by atoms with Crippen LogP contribution in [0.3, 0.4) is 0 Å². The third kappa shape index (κ3) is 3.10. The van der Waals surface area contributed by atoms with Gasteiger partial charge in [-0.1, -0.05) is 0 Å². The van der Waals surface area contributed by atoms with Crippen molar-refractivity contribution in [1.29, 1.82) is 0 Å². The fraction of sp³-hybridized carbons (Fsp3) is 0.375. The van der Waals surface area contributed by atoms with E-state index in [2.05, 4.69) is 20.9 Å². The fourth-order valence-electron chi connectivity index (χ4n) is 0.818. The average molecular weight is 268 g/mol. The zero-order valence-corrected chi connectivity index (χ0v) is 8.92. The molecule has 0 aromatic carbocycles. The zero-order chi connectivity index (χ0) is 10.6. The molecular weight excluding hydrogens is 260 g/mol. The second kappa shape index (κ2) is 5.09. The molecule has 1 aromatic rings. The summed E-state index contributed by atoms with van der Waals surface area (Å²) in [4.78, 5) is 3.84. The number of hydrogen-bond donors (Lipinski definition) is 0. The summed E-state index contributed by atoms with van der Waals surface area (Å²) in [5.74, 6) is 0.385. The van der Waals surface area contributed by atoms with Crippen LogP contribution in [-0.2, 0) is 0 Å². The Balaban J connectivity index is 2.77. The Morgan fingerprint density at radius 1 is 1.57 bits per heavy atom. The number of methoxy groups -OCH3 is 1. The molecule has 0 aliphatic heterocycles. The topological polar surface area (TPSA) is 31.4 Å². The molecule has 0 bridgehead atoms. The van der Waals surface area contributed by atoms with E-state index in [4.69, 9.17) is 9.47 Å². The van der Waals surface area contributed by atoms with E-state index in [9.17, 15) is 8.78 Å². The number of pyridine rings is 1. The van der Waals surface area contributed by atoms with Crippen LogP contribution < -0.4 is 9.47 Å². The molecule has 1 aromatic heterocycles. The molecule has 0 aliphatic carbocycles.